The van der Waals surface area contributed by atoms with E-state index in [4.69, 9.17) is 0 Å². The molecule has 0 radical (unpaired) electrons. The van der Waals surface area contributed by atoms with Gasteiger partial charge in [-0.25, -0.2) is 0 Å². The highest BCUT2D eigenvalue weighted by molar-refractivity contribution is 4.83. The Kier molecular flexibility index (Phi) is 4.00. The number of hydrogen-bond donors (Lipinski definition) is 1. The Hall–Kier alpha value is -0.120. The van der Waals surface area contributed by atoms with E-state index < -0.39 is 0 Å². The summed E-state index contributed by atoms with van der Waals surface area (Å²) in [4.78, 5) is 5.15. The molecule has 3 nitrogen and oxygen atoms in total. The van der Waals surface area contributed by atoms with E-state index in [9.17, 15) is 0 Å². The van der Waals surface area contributed by atoms with Gasteiger partial charge >= 0.3 is 0 Å². The highest BCUT2D eigenvalue weighted by Crippen LogP contribution is 2.19. The highest BCUT2D eigenvalue weighted by Gasteiger charge is 2.29. The lowest BCUT2D eigenvalue weighted by atomic mass is 10.3. The SMILES string of the molecule is CCN1CCCC1NC1CCCN1CC. The Morgan fingerprint density at radius 3 is 1.80 bits per heavy atom. The lowest BCUT2D eigenvalue weighted by Crippen LogP contribution is -2.51. The third-order valence-corrected chi connectivity index (χ3v) is 3.92. The van der Waals surface area contributed by atoms with Gasteiger partial charge in [0.15, 0.2) is 0 Å². The quantitative estimate of drug-likeness (QED) is 0.759. The van der Waals surface area contributed by atoms with E-state index in [-0.39, 0.29) is 0 Å². The van der Waals surface area contributed by atoms with Gasteiger partial charge in [-0.05, 0) is 51.9 Å². The van der Waals surface area contributed by atoms with Gasteiger partial charge in [0.25, 0.3) is 0 Å². The Morgan fingerprint density at radius 1 is 0.933 bits per heavy atom. The number of nitrogens with one attached hydrogen (secondary N) is 1. The largest absolute Gasteiger partial charge is 0.288 e. The van der Waals surface area contributed by atoms with Crippen LogP contribution in [-0.2, 0) is 0 Å². The molecule has 0 saturated carbocycles. The van der Waals surface area contributed by atoms with E-state index in [1.807, 2.05) is 0 Å². The summed E-state index contributed by atoms with van der Waals surface area (Å²) >= 11 is 0. The van der Waals surface area contributed by atoms with E-state index >= 15 is 0 Å². The zero-order valence-corrected chi connectivity index (χ0v) is 10.2. The highest BCUT2D eigenvalue weighted by atomic mass is 15.4. The minimum Gasteiger partial charge on any atom is -0.288 e. The molecule has 2 unspecified atom stereocenters. The Bertz CT molecular complexity index is 175. The smallest absolute Gasteiger partial charge is 0.0609 e. The average molecular weight is 211 g/mol. The van der Waals surface area contributed by atoms with Crippen LogP contribution in [0.3, 0.4) is 0 Å². The van der Waals surface area contributed by atoms with Crippen molar-refractivity contribution in [2.45, 2.75) is 51.9 Å². The van der Waals surface area contributed by atoms with Crippen LogP contribution in [0.5, 0.6) is 0 Å². The van der Waals surface area contributed by atoms with Crippen molar-refractivity contribution in [2.24, 2.45) is 0 Å². The van der Waals surface area contributed by atoms with E-state index in [1.165, 1.54) is 51.9 Å². The fraction of sp³-hybridized carbons (Fsp3) is 1.00. The van der Waals surface area contributed by atoms with Gasteiger partial charge in [0.2, 0.25) is 0 Å². The summed E-state index contributed by atoms with van der Waals surface area (Å²) in [6.45, 7) is 9.49. The molecule has 15 heavy (non-hydrogen) atoms. The second-order valence-electron chi connectivity index (χ2n) is 4.74. The minimum atomic E-state index is 0.646. The summed E-state index contributed by atoms with van der Waals surface area (Å²) < 4.78 is 0. The summed E-state index contributed by atoms with van der Waals surface area (Å²) in [5, 5.41) is 3.83. The second-order valence-corrected chi connectivity index (χ2v) is 4.74. The van der Waals surface area contributed by atoms with Crippen molar-refractivity contribution in [3.8, 4) is 0 Å². The second kappa shape index (κ2) is 5.28. The summed E-state index contributed by atoms with van der Waals surface area (Å²) in [5.74, 6) is 0. The lowest BCUT2D eigenvalue weighted by Gasteiger charge is -2.31. The van der Waals surface area contributed by atoms with E-state index in [1.54, 1.807) is 0 Å². The molecular formula is C12H25N3. The summed E-state index contributed by atoms with van der Waals surface area (Å²) in [7, 11) is 0. The van der Waals surface area contributed by atoms with Crippen molar-refractivity contribution in [1.82, 2.24) is 15.1 Å². The number of likely N-dealkylation sites (tertiary alicyclic amines) is 2. The first-order valence-corrected chi connectivity index (χ1v) is 6.59. The van der Waals surface area contributed by atoms with Crippen LogP contribution in [0.4, 0.5) is 0 Å². The third kappa shape index (κ3) is 2.52. The van der Waals surface area contributed by atoms with Crippen LogP contribution in [0.25, 0.3) is 0 Å². The van der Waals surface area contributed by atoms with Crippen molar-refractivity contribution < 1.29 is 0 Å². The van der Waals surface area contributed by atoms with Gasteiger partial charge in [0, 0.05) is 0 Å². The standard InChI is InChI=1S/C12H25N3/c1-3-14-9-5-7-11(14)13-12-8-6-10-15(12)4-2/h11-13H,3-10H2,1-2H3. The van der Waals surface area contributed by atoms with Crippen LogP contribution in [0.2, 0.25) is 0 Å². The predicted molar refractivity (Wildman–Crippen MR) is 63.7 cm³/mol. The zero-order valence-electron chi connectivity index (χ0n) is 10.2. The van der Waals surface area contributed by atoms with Crippen molar-refractivity contribution >= 4 is 0 Å². The van der Waals surface area contributed by atoms with Crippen molar-refractivity contribution in [2.75, 3.05) is 26.2 Å². The first kappa shape index (κ1) is 11.4. The minimum absolute atomic E-state index is 0.646. The Balaban J connectivity index is 1.84. The van der Waals surface area contributed by atoms with Crippen LogP contribution in [-0.4, -0.2) is 48.3 Å². The maximum Gasteiger partial charge on any atom is 0.0609 e. The van der Waals surface area contributed by atoms with Crippen LogP contribution in [0.1, 0.15) is 39.5 Å². The normalized spacial score (nSPS) is 34.0. The molecule has 0 bridgehead atoms. The van der Waals surface area contributed by atoms with E-state index in [2.05, 4.69) is 29.0 Å². The van der Waals surface area contributed by atoms with Crippen molar-refractivity contribution in [1.29, 1.82) is 0 Å². The topological polar surface area (TPSA) is 18.5 Å². The van der Waals surface area contributed by atoms with Gasteiger partial charge < -0.3 is 0 Å². The molecule has 88 valence electrons. The molecule has 0 aromatic heterocycles. The molecule has 2 heterocycles. The zero-order chi connectivity index (χ0) is 10.7. The molecule has 0 aromatic rings. The molecule has 2 rings (SSSR count). The summed E-state index contributed by atoms with van der Waals surface area (Å²) in [6.07, 6.45) is 6.69. The number of hydrogen-bond acceptors (Lipinski definition) is 3. The molecule has 0 amide bonds. The van der Waals surface area contributed by atoms with Gasteiger partial charge in [0.1, 0.15) is 0 Å². The molecule has 2 atom stereocenters. The van der Waals surface area contributed by atoms with Crippen LogP contribution in [0, 0.1) is 0 Å². The monoisotopic (exact) mass is 211 g/mol. The fourth-order valence-electron chi connectivity index (χ4n) is 3.01. The van der Waals surface area contributed by atoms with Crippen molar-refractivity contribution in [3.63, 3.8) is 0 Å². The first-order chi connectivity index (χ1) is 7.35. The molecular weight excluding hydrogens is 186 g/mol. The molecule has 3 heteroatoms. The molecule has 2 fully saturated rings. The summed E-state index contributed by atoms with van der Waals surface area (Å²) in [5.41, 5.74) is 0. The molecule has 2 saturated heterocycles. The fourth-order valence-corrected chi connectivity index (χ4v) is 3.01. The van der Waals surface area contributed by atoms with Crippen LogP contribution in [0.15, 0.2) is 0 Å². The van der Waals surface area contributed by atoms with Gasteiger partial charge in [-0.2, -0.15) is 0 Å². The average Bonchev–Trinajstić information content (AvgIpc) is 2.87. The van der Waals surface area contributed by atoms with Gasteiger partial charge in [-0.1, -0.05) is 13.8 Å². The molecule has 0 aromatic carbocycles. The molecule has 1 N–H and O–H groups in total. The number of nitrogens with zero attached hydrogens (tertiary/aromatic N) is 2. The van der Waals surface area contributed by atoms with Gasteiger partial charge in [-0.3, -0.25) is 15.1 Å². The van der Waals surface area contributed by atoms with E-state index in [0.29, 0.717) is 12.3 Å². The lowest BCUT2D eigenvalue weighted by molar-refractivity contribution is 0.147. The van der Waals surface area contributed by atoms with E-state index in [0.717, 1.165) is 0 Å². The molecule has 2 aliphatic rings. The summed E-state index contributed by atoms with van der Waals surface area (Å²) in [6, 6.07) is 0. The Morgan fingerprint density at radius 2 is 1.40 bits per heavy atom. The van der Waals surface area contributed by atoms with Gasteiger partial charge in [0.05, 0.1) is 12.3 Å². The molecule has 0 aliphatic carbocycles. The van der Waals surface area contributed by atoms with Crippen molar-refractivity contribution in [3.05, 3.63) is 0 Å². The van der Waals surface area contributed by atoms with Gasteiger partial charge in [-0.15, -0.1) is 0 Å². The first-order valence-electron chi connectivity index (χ1n) is 6.59. The maximum absolute atomic E-state index is 3.83. The maximum atomic E-state index is 3.83. The van der Waals surface area contributed by atoms with Crippen LogP contribution >= 0.6 is 0 Å². The number of rotatable bonds is 4. The van der Waals surface area contributed by atoms with Crippen LogP contribution < -0.4 is 5.32 Å². The third-order valence-electron chi connectivity index (χ3n) is 3.92. The molecule has 2 aliphatic heterocycles. The molecule has 0 spiro atoms. The Labute approximate surface area is 93.8 Å². The predicted octanol–water partition coefficient (Wildman–Crippen LogP) is 1.46.